The Morgan fingerprint density at radius 1 is 1.27 bits per heavy atom. The zero-order valence-corrected chi connectivity index (χ0v) is 9.61. The van der Waals surface area contributed by atoms with Crippen molar-refractivity contribution in [2.24, 2.45) is 0 Å². The van der Waals surface area contributed by atoms with Crippen LogP contribution in [0, 0.1) is 0 Å². The lowest BCUT2D eigenvalue weighted by atomic mass is 10.3. The monoisotopic (exact) mass is 214 g/mol. The van der Waals surface area contributed by atoms with Crippen LogP contribution in [0.2, 0.25) is 0 Å². The van der Waals surface area contributed by atoms with Gasteiger partial charge in [-0.25, -0.2) is 0 Å². The van der Waals surface area contributed by atoms with Crippen molar-refractivity contribution in [1.82, 2.24) is 9.80 Å². The van der Waals surface area contributed by atoms with Crippen molar-refractivity contribution in [3.63, 3.8) is 0 Å². The fourth-order valence-electron chi connectivity index (χ4n) is 1.96. The van der Waals surface area contributed by atoms with Gasteiger partial charge in [0.15, 0.2) is 0 Å². The number of nitrogens with zero attached hydrogens (tertiary/aromatic N) is 2. The van der Waals surface area contributed by atoms with Crippen LogP contribution in [0.1, 0.15) is 26.2 Å². The van der Waals surface area contributed by atoms with Gasteiger partial charge in [0.2, 0.25) is 5.91 Å². The van der Waals surface area contributed by atoms with E-state index in [1.165, 1.54) is 0 Å². The highest BCUT2D eigenvalue weighted by molar-refractivity contribution is 5.76. The molecule has 1 rings (SSSR count). The van der Waals surface area contributed by atoms with Crippen molar-refractivity contribution in [2.45, 2.75) is 26.2 Å². The fraction of sp³-hybridized carbons (Fsp3) is 0.909. The van der Waals surface area contributed by atoms with Crippen molar-refractivity contribution >= 4 is 5.91 Å². The van der Waals surface area contributed by atoms with Crippen LogP contribution >= 0.6 is 0 Å². The minimum atomic E-state index is 0.211. The lowest BCUT2D eigenvalue weighted by Gasteiger charge is -2.21. The number of aliphatic hydroxyl groups is 1. The summed E-state index contributed by atoms with van der Waals surface area (Å²) in [6.45, 7) is 6.57. The molecule has 0 saturated carbocycles. The average molecular weight is 214 g/mol. The summed E-state index contributed by atoms with van der Waals surface area (Å²) in [5, 5.41) is 8.85. The average Bonchev–Trinajstić information content (AvgIpc) is 2.44. The molecule has 0 unspecified atom stereocenters. The Kier molecular flexibility index (Phi) is 5.65. The molecule has 1 fully saturated rings. The van der Waals surface area contributed by atoms with E-state index >= 15 is 0 Å². The molecule has 1 aliphatic rings. The molecule has 0 aromatic heterocycles. The number of β-amino-alcohol motifs (C(OH)–C–C–N with tert-alkyl or cyclic N) is 1. The maximum atomic E-state index is 11.7. The second-order valence-electron chi connectivity index (χ2n) is 4.05. The minimum absolute atomic E-state index is 0.211. The van der Waals surface area contributed by atoms with E-state index < -0.39 is 0 Å². The Balaban J connectivity index is 2.35. The molecule has 0 atom stereocenters. The molecule has 0 radical (unpaired) electrons. The normalized spacial score (nSPS) is 18.9. The molecular formula is C11H22N2O2. The predicted molar refractivity (Wildman–Crippen MR) is 59.6 cm³/mol. The Hall–Kier alpha value is -0.610. The maximum absolute atomic E-state index is 11.7. The first-order chi connectivity index (χ1) is 7.27. The standard InChI is InChI=1S/C11H22N2O2/c1-2-4-11(15)13-6-3-5-12(7-8-13)9-10-14/h14H,2-10H2,1H3. The van der Waals surface area contributed by atoms with Gasteiger partial charge in [0.1, 0.15) is 0 Å². The van der Waals surface area contributed by atoms with Crippen LogP contribution in [0.5, 0.6) is 0 Å². The number of hydrogen-bond acceptors (Lipinski definition) is 3. The van der Waals surface area contributed by atoms with Gasteiger partial charge in [0.25, 0.3) is 0 Å². The van der Waals surface area contributed by atoms with E-state index in [0.717, 1.165) is 45.6 Å². The molecule has 1 saturated heterocycles. The molecule has 88 valence electrons. The molecule has 0 spiro atoms. The van der Waals surface area contributed by atoms with Crippen LogP contribution in [-0.4, -0.2) is 60.1 Å². The zero-order chi connectivity index (χ0) is 11.1. The molecule has 0 aromatic carbocycles. The zero-order valence-electron chi connectivity index (χ0n) is 9.61. The van der Waals surface area contributed by atoms with Crippen molar-refractivity contribution < 1.29 is 9.90 Å². The quantitative estimate of drug-likeness (QED) is 0.732. The van der Waals surface area contributed by atoms with E-state index in [0.29, 0.717) is 6.42 Å². The van der Waals surface area contributed by atoms with Crippen LogP contribution in [0.25, 0.3) is 0 Å². The van der Waals surface area contributed by atoms with Gasteiger partial charge < -0.3 is 10.0 Å². The van der Waals surface area contributed by atoms with Gasteiger partial charge in [0, 0.05) is 32.6 Å². The van der Waals surface area contributed by atoms with Crippen LogP contribution in [-0.2, 0) is 4.79 Å². The van der Waals surface area contributed by atoms with Crippen LogP contribution < -0.4 is 0 Å². The maximum Gasteiger partial charge on any atom is 0.222 e. The van der Waals surface area contributed by atoms with Crippen molar-refractivity contribution in [1.29, 1.82) is 0 Å². The topological polar surface area (TPSA) is 43.8 Å². The minimum Gasteiger partial charge on any atom is -0.395 e. The first kappa shape index (κ1) is 12.5. The summed E-state index contributed by atoms with van der Waals surface area (Å²) >= 11 is 0. The molecule has 0 aliphatic carbocycles. The highest BCUT2D eigenvalue weighted by Crippen LogP contribution is 2.05. The van der Waals surface area contributed by atoms with E-state index in [2.05, 4.69) is 4.90 Å². The number of amides is 1. The highest BCUT2D eigenvalue weighted by Gasteiger charge is 2.17. The van der Waals surface area contributed by atoms with Crippen molar-refractivity contribution in [2.75, 3.05) is 39.3 Å². The van der Waals surface area contributed by atoms with Crippen molar-refractivity contribution in [3.8, 4) is 0 Å². The van der Waals surface area contributed by atoms with Gasteiger partial charge in [-0.05, 0) is 19.4 Å². The fourth-order valence-corrected chi connectivity index (χ4v) is 1.96. The molecule has 1 heterocycles. The summed E-state index contributed by atoms with van der Waals surface area (Å²) in [5.41, 5.74) is 0. The van der Waals surface area contributed by atoms with Gasteiger partial charge in [-0.2, -0.15) is 0 Å². The molecular weight excluding hydrogens is 192 g/mol. The summed E-state index contributed by atoms with van der Waals surface area (Å²) < 4.78 is 0. The summed E-state index contributed by atoms with van der Waals surface area (Å²) in [5.74, 6) is 0.281. The van der Waals surface area contributed by atoms with Crippen LogP contribution in [0.3, 0.4) is 0 Å². The number of rotatable bonds is 4. The molecule has 1 amide bonds. The molecule has 1 N–H and O–H groups in total. The third-order valence-corrected chi connectivity index (χ3v) is 2.82. The van der Waals surface area contributed by atoms with E-state index in [-0.39, 0.29) is 12.5 Å². The van der Waals surface area contributed by atoms with Crippen molar-refractivity contribution in [3.05, 3.63) is 0 Å². The van der Waals surface area contributed by atoms with Gasteiger partial charge in [-0.15, -0.1) is 0 Å². The number of hydrogen-bond donors (Lipinski definition) is 1. The second kappa shape index (κ2) is 6.80. The predicted octanol–water partition coefficient (Wildman–Crippen LogP) is 0.313. The van der Waals surface area contributed by atoms with Gasteiger partial charge >= 0.3 is 0 Å². The SMILES string of the molecule is CCCC(=O)N1CCCN(CCO)CC1. The Morgan fingerprint density at radius 2 is 2.07 bits per heavy atom. The molecule has 0 aromatic rings. The molecule has 1 aliphatic heterocycles. The first-order valence-corrected chi connectivity index (χ1v) is 5.89. The van der Waals surface area contributed by atoms with Gasteiger partial charge in [-0.1, -0.05) is 6.92 Å². The number of carbonyl (C=O) groups is 1. The molecule has 0 bridgehead atoms. The third-order valence-electron chi connectivity index (χ3n) is 2.82. The van der Waals surface area contributed by atoms with E-state index in [1.54, 1.807) is 0 Å². The lowest BCUT2D eigenvalue weighted by molar-refractivity contribution is -0.131. The van der Waals surface area contributed by atoms with E-state index in [1.807, 2.05) is 11.8 Å². The first-order valence-electron chi connectivity index (χ1n) is 5.89. The number of carbonyl (C=O) groups excluding carboxylic acids is 1. The molecule has 4 nitrogen and oxygen atoms in total. The summed E-state index contributed by atoms with van der Waals surface area (Å²) in [7, 11) is 0. The Labute approximate surface area is 91.9 Å². The van der Waals surface area contributed by atoms with Crippen LogP contribution in [0.15, 0.2) is 0 Å². The van der Waals surface area contributed by atoms with Gasteiger partial charge in [-0.3, -0.25) is 9.69 Å². The highest BCUT2D eigenvalue weighted by atomic mass is 16.3. The van der Waals surface area contributed by atoms with Crippen LogP contribution in [0.4, 0.5) is 0 Å². The summed E-state index contributed by atoms with van der Waals surface area (Å²) in [4.78, 5) is 15.9. The smallest absolute Gasteiger partial charge is 0.222 e. The Morgan fingerprint density at radius 3 is 2.73 bits per heavy atom. The molecule has 15 heavy (non-hydrogen) atoms. The largest absolute Gasteiger partial charge is 0.395 e. The third kappa shape index (κ3) is 4.18. The molecule has 4 heteroatoms. The Bertz CT molecular complexity index is 197. The summed E-state index contributed by atoms with van der Waals surface area (Å²) in [6.07, 6.45) is 2.62. The number of aliphatic hydroxyl groups excluding tert-OH is 1. The lowest BCUT2D eigenvalue weighted by Crippen LogP contribution is -2.35. The summed E-state index contributed by atoms with van der Waals surface area (Å²) in [6, 6.07) is 0. The van der Waals surface area contributed by atoms with E-state index in [4.69, 9.17) is 5.11 Å². The van der Waals surface area contributed by atoms with Gasteiger partial charge in [0.05, 0.1) is 6.61 Å². The van der Waals surface area contributed by atoms with E-state index in [9.17, 15) is 4.79 Å². The second-order valence-corrected chi connectivity index (χ2v) is 4.05.